The molecule has 0 unspecified atom stereocenters. The lowest BCUT2D eigenvalue weighted by Crippen LogP contribution is -2.62. The van der Waals surface area contributed by atoms with Crippen LogP contribution < -0.4 is 80.7 Å². The Morgan fingerprint density at radius 3 is 1.54 bits per heavy atom. The summed E-state index contributed by atoms with van der Waals surface area (Å²) >= 11 is 6.32. The van der Waals surface area contributed by atoms with E-state index in [1.165, 1.54) is 67.7 Å². The van der Waals surface area contributed by atoms with Crippen LogP contribution in [0.15, 0.2) is 140 Å². The fourth-order valence-corrected chi connectivity index (χ4v) is 13.7. The first kappa shape index (κ1) is 93.6. The number of hydroxylamine groups is 1. The molecule has 5 aromatic carbocycles. The minimum absolute atomic E-state index is 0.00299. The van der Waals surface area contributed by atoms with Crippen molar-refractivity contribution in [1.29, 1.82) is 0 Å². The van der Waals surface area contributed by atoms with Crippen LogP contribution in [0.4, 0.5) is 21.0 Å². The van der Waals surface area contributed by atoms with Crippen molar-refractivity contribution < 1.29 is 72.3 Å². The predicted molar refractivity (Wildman–Crippen MR) is 447 cm³/mol. The number of benzene rings is 5. The van der Waals surface area contributed by atoms with Crippen LogP contribution >= 0.6 is 11.6 Å². The molecule has 18 N–H and O–H groups in total. The van der Waals surface area contributed by atoms with Crippen molar-refractivity contribution in [3.05, 3.63) is 173 Å². The number of likely N-dealkylation sites (tertiary alicyclic amines) is 1. The molecule has 32 nitrogen and oxygen atoms in total. The predicted octanol–water partition coefficient (Wildman–Crippen LogP) is 5.00. The number of carbonyl (C=O) groups excluding carboxylic acids is 13. The van der Waals surface area contributed by atoms with E-state index in [1.54, 1.807) is 62.4 Å². The Morgan fingerprint density at radius 1 is 0.525 bits per heavy atom. The van der Waals surface area contributed by atoms with Gasteiger partial charge < -0.3 is 85.3 Å². The quantitative estimate of drug-likeness (QED) is 0.0176. The smallest absolute Gasteiger partial charge is 0.343 e. The summed E-state index contributed by atoms with van der Waals surface area (Å²) in [5.74, 6) is -9.05. The van der Waals surface area contributed by atoms with E-state index in [-0.39, 0.29) is 93.6 Å². The number of hydrogen-bond acceptors (Lipinski definition) is 17. The van der Waals surface area contributed by atoms with E-state index in [0.717, 1.165) is 42.0 Å². The summed E-state index contributed by atoms with van der Waals surface area (Å²) in [6.45, 7) is 10.7. The van der Waals surface area contributed by atoms with E-state index in [9.17, 15) is 43.5 Å². The van der Waals surface area contributed by atoms with Crippen LogP contribution in [0, 0.1) is 5.92 Å². The van der Waals surface area contributed by atoms with Gasteiger partial charge in [-0.1, -0.05) is 157 Å². The lowest BCUT2D eigenvalue weighted by atomic mass is 9.99. The molecule has 1 fully saturated rings. The Bertz CT molecular complexity index is 4350. The summed E-state index contributed by atoms with van der Waals surface area (Å²) in [7, 11) is 1.24. The highest BCUT2D eigenvalue weighted by atomic mass is 35.5. The monoisotopic (exact) mass is 1650 g/mol. The van der Waals surface area contributed by atoms with Crippen LogP contribution in [0.3, 0.4) is 0 Å². The van der Waals surface area contributed by atoms with Crippen molar-refractivity contribution in [2.45, 2.75) is 217 Å². The zero-order valence-corrected chi connectivity index (χ0v) is 68.7. The number of nitrogens with one attached hydrogen (secondary N) is 13. The fraction of sp³-hybridized carbons (Fsp3) is 0.459. The molecule has 0 spiro atoms. The van der Waals surface area contributed by atoms with Gasteiger partial charge in [-0.25, -0.2) is 15.1 Å². The normalized spacial score (nSPS) is 14.8. The highest BCUT2D eigenvalue weighted by Gasteiger charge is 2.41. The Balaban J connectivity index is 1.20. The van der Waals surface area contributed by atoms with Gasteiger partial charge in [0.2, 0.25) is 65.0 Å². The summed E-state index contributed by atoms with van der Waals surface area (Å²) in [6, 6.07) is 19.8. The van der Waals surface area contributed by atoms with E-state index in [4.69, 9.17) is 27.9 Å². The molecule has 1 saturated heterocycles. The Morgan fingerprint density at radius 2 is 1.02 bits per heavy atom. The molecule has 2 heterocycles. The minimum Gasteiger partial charge on any atom is -0.394 e. The first-order valence-electron chi connectivity index (χ1n) is 40.1. The SMILES string of the molecule is CCCCCCCC(=O)N[C@H](Cc1ccc2ccccc2c1)C(=O)N[C@H](Cc1ccc(Cl)cc1)C(=O)N[C@H](Cc1cccnc1)C(=O)N[C@@H](CO)C(=O)N[C@@H](Cc1ccc(NC(=O)NOC)cc1)C(=O)N[C@H](Cc1ccc(NC(N)=O)cc1)C(=O)N[C@@H](CC(C)C)C(=O)N[C@@H](CCCCNC(C)C)C(=O)N1CCC[C@H]1C(=O)N[C@H](C)C(N)=O. The number of fused-ring (bicyclic) bond motifs is 1. The van der Waals surface area contributed by atoms with Gasteiger partial charge in [-0.05, 0) is 145 Å². The minimum atomic E-state index is -1.88. The molecule has 33 heteroatoms. The molecule has 118 heavy (non-hydrogen) atoms. The van der Waals surface area contributed by atoms with Crippen molar-refractivity contribution in [1.82, 2.24) is 68.5 Å². The van der Waals surface area contributed by atoms with Crippen LogP contribution in [0.2, 0.25) is 5.02 Å². The first-order valence-corrected chi connectivity index (χ1v) is 40.5. The third kappa shape index (κ3) is 31.4. The molecule has 1 aliphatic heterocycles. The molecule has 15 amide bonds. The maximum atomic E-state index is 15.4. The molecule has 10 atom stereocenters. The van der Waals surface area contributed by atoms with Gasteiger partial charge in [0.05, 0.1) is 13.7 Å². The van der Waals surface area contributed by atoms with E-state index >= 15 is 24.0 Å². The molecular formula is C85H114ClN17O15. The number of pyridine rings is 1. The second-order valence-corrected chi connectivity index (χ2v) is 30.7. The number of hydrogen-bond donors (Lipinski definition) is 16. The largest absolute Gasteiger partial charge is 0.394 e. The topological polar surface area (TPSA) is 476 Å². The number of carbonyl (C=O) groups is 13. The summed E-state index contributed by atoms with van der Waals surface area (Å²) in [4.78, 5) is 195. The number of unbranched alkanes of at least 4 members (excludes halogenated alkanes) is 5. The summed E-state index contributed by atoms with van der Waals surface area (Å²) in [5, 5.41) is 46.6. The van der Waals surface area contributed by atoms with Crippen molar-refractivity contribution in [2.75, 3.05) is 37.4 Å². The van der Waals surface area contributed by atoms with Crippen LogP contribution in [0.1, 0.15) is 146 Å². The fourth-order valence-electron chi connectivity index (χ4n) is 13.5. The van der Waals surface area contributed by atoms with E-state index < -0.39 is 138 Å². The molecular weight excluding hydrogens is 1530 g/mol. The molecule has 0 bridgehead atoms. The van der Waals surface area contributed by atoms with Crippen molar-refractivity contribution in [2.24, 2.45) is 17.4 Å². The van der Waals surface area contributed by atoms with Gasteiger partial charge in [0.15, 0.2) is 0 Å². The standard InChI is InChI=1S/C85H114ClN17O15/c1-8-9-10-11-12-24-73(105)94-66(47-57-25-32-59-20-13-14-21-60(59)43-57)76(108)97-67(44-54-26-33-61(86)34-27-54)78(110)99-70(48-58-19-17-39-89-49-58)80(112)101-71(50-104)81(113)100-69(46-56-30-37-63(38-31-56)93-85(117)102-118-7)79(111)98-68(45-55-28-35-62(36-29-55)92-84(88)116)77(109)96-65(42-51(2)3)75(107)95-64(22-15-16-40-90-52(4)5)83(115)103-41-18-23-72(103)82(114)91-53(6)74(87)106/h13-14,17,19-21,25-39,43,49,51-53,64-72,90,104H,8-12,15-16,18,22-24,40-42,44-48,50H2,1-7H3,(H2,87,106)(H,91,114)(H,94,105)(H,95,107)(H,96,109)(H,97,108)(H,98,111)(H,99,110)(H,100,113)(H,101,112)(H3,88,92,116)(H2,93,102,117)/t53-,64+,65+,66-,67-,68-,69+,70-,71+,72+/m1/s1. The third-order valence-electron chi connectivity index (χ3n) is 19.8. The Labute approximate surface area is 692 Å². The number of nitrogens with zero attached hydrogens (tertiary/aromatic N) is 2. The van der Waals surface area contributed by atoms with Gasteiger partial charge in [0, 0.05) is 79.9 Å². The number of aromatic nitrogens is 1. The van der Waals surface area contributed by atoms with E-state index in [1.807, 2.05) is 56.3 Å². The van der Waals surface area contributed by atoms with Crippen molar-refractivity contribution in [3.63, 3.8) is 0 Å². The van der Waals surface area contributed by atoms with Crippen molar-refractivity contribution in [3.8, 4) is 0 Å². The number of urea groups is 2. The molecule has 1 aromatic heterocycles. The van der Waals surface area contributed by atoms with E-state index in [2.05, 4.69) is 81.2 Å². The first-order chi connectivity index (χ1) is 56.5. The van der Waals surface area contributed by atoms with Gasteiger partial charge >= 0.3 is 12.1 Å². The lowest BCUT2D eigenvalue weighted by Gasteiger charge is -2.31. The highest BCUT2D eigenvalue weighted by molar-refractivity contribution is 6.30. The van der Waals surface area contributed by atoms with Gasteiger partial charge in [-0.2, -0.15) is 0 Å². The van der Waals surface area contributed by atoms with E-state index in [0.29, 0.717) is 59.5 Å². The number of aliphatic hydroxyl groups excluding tert-OH is 1. The molecule has 1 aliphatic rings. The number of halogens is 1. The summed E-state index contributed by atoms with van der Waals surface area (Å²) < 4.78 is 0. The Hall–Kier alpha value is -11.6. The second-order valence-electron chi connectivity index (χ2n) is 30.3. The lowest BCUT2D eigenvalue weighted by molar-refractivity contribution is -0.142. The molecule has 0 aliphatic carbocycles. The zero-order chi connectivity index (χ0) is 85.8. The maximum Gasteiger partial charge on any atom is 0.343 e. The van der Waals surface area contributed by atoms with Crippen LogP contribution in [0.5, 0.6) is 0 Å². The molecule has 0 saturated carbocycles. The van der Waals surface area contributed by atoms with Gasteiger partial charge in [-0.3, -0.25) is 62.6 Å². The average Bonchev–Trinajstić information content (AvgIpc) is 1.49. The van der Waals surface area contributed by atoms with Crippen LogP contribution in [-0.4, -0.2) is 185 Å². The maximum absolute atomic E-state index is 15.4. The zero-order valence-electron chi connectivity index (χ0n) is 67.9. The number of rotatable bonds is 47. The molecule has 636 valence electrons. The molecule has 6 aromatic rings. The number of primary amides is 2. The van der Waals surface area contributed by atoms with Gasteiger partial charge in [0.25, 0.3) is 0 Å². The van der Waals surface area contributed by atoms with Crippen LogP contribution in [0.25, 0.3) is 10.8 Å². The second kappa shape index (κ2) is 48.2. The molecule has 7 rings (SSSR count). The molecule has 0 radical (unpaired) electrons. The third-order valence-corrected chi connectivity index (χ3v) is 20.1. The average molecular weight is 1650 g/mol. The Kier molecular flexibility index (Phi) is 38.2. The van der Waals surface area contributed by atoms with Crippen LogP contribution in [-0.2, 0) is 89.7 Å². The number of anilines is 2. The number of amides is 15. The highest BCUT2D eigenvalue weighted by Crippen LogP contribution is 2.24. The van der Waals surface area contributed by atoms with Gasteiger partial charge in [-0.15, -0.1) is 0 Å². The summed E-state index contributed by atoms with van der Waals surface area (Å²) in [5.41, 5.74) is 16.0. The number of aliphatic hydroxyl groups is 1. The van der Waals surface area contributed by atoms with Gasteiger partial charge in [0.1, 0.15) is 60.4 Å². The van der Waals surface area contributed by atoms with Crippen molar-refractivity contribution >= 4 is 111 Å². The number of nitrogens with two attached hydrogens (primary N) is 2. The summed E-state index contributed by atoms with van der Waals surface area (Å²) in [6.07, 6.45) is 8.24.